The molecule has 0 spiro atoms. The van der Waals surface area contributed by atoms with Crippen molar-refractivity contribution in [1.29, 1.82) is 0 Å². The Morgan fingerprint density at radius 2 is 2.05 bits per heavy atom. The average Bonchev–Trinajstić information content (AvgIpc) is 2.65. The van der Waals surface area contributed by atoms with Crippen molar-refractivity contribution in [2.24, 2.45) is 5.73 Å². The predicted molar refractivity (Wildman–Crippen MR) is 84.5 cm³/mol. The van der Waals surface area contributed by atoms with Gasteiger partial charge in [-0.2, -0.15) is 8.42 Å². The number of nitrogens with two attached hydrogens (primary N) is 2. The first kappa shape index (κ1) is 15.9. The Labute approximate surface area is 129 Å². The van der Waals surface area contributed by atoms with Gasteiger partial charge in [0.2, 0.25) is 5.88 Å². The number of fused-ring (bicyclic) bond motifs is 1. The number of carbonyl (C=O) groups is 1. The molecule has 10 heteroatoms. The fourth-order valence-electron chi connectivity index (χ4n) is 1.91. The van der Waals surface area contributed by atoms with E-state index in [2.05, 4.69) is 4.98 Å². The SMILES string of the molecule is CSc1c(OS(C)(=O)=O)nc2sc(C(N)=O)c(N)c2c1C. The lowest BCUT2D eigenvalue weighted by molar-refractivity contribution is 0.100. The highest BCUT2D eigenvalue weighted by Gasteiger charge is 2.22. The second-order valence-electron chi connectivity index (χ2n) is 4.25. The maximum atomic E-state index is 11.4. The van der Waals surface area contributed by atoms with Crippen molar-refractivity contribution in [1.82, 2.24) is 4.98 Å². The zero-order valence-corrected chi connectivity index (χ0v) is 13.9. The largest absolute Gasteiger partial charge is 0.397 e. The quantitative estimate of drug-likeness (QED) is 0.631. The standard InChI is InChI=1S/C11H13N3O4S3/c1-4-5-6(12)8(9(13)15)20-11(5)14-10(7(4)19-2)18-21(3,16)17/h12H2,1-3H3,(H2,13,15). The van der Waals surface area contributed by atoms with Crippen LogP contribution in [0.1, 0.15) is 15.2 Å². The van der Waals surface area contributed by atoms with Crippen molar-refractivity contribution >= 4 is 55.0 Å². The first-order valence-corrected chi connectivity index (χ1v) is 9.47. The second-order valence-corrected chi connectivity index (χ2v) is 7.64. The number of aromatic nitrogens is 1. The van der Waals surface area contributed by atoms with Crippen molar-refractivity contribution < 1.29 is 17.4 Å². The third kappa shape index (κ3) is 2.92. The van der Waals surface area contributed by atoms with Gasteiger partial charge >= 0.3 is 10.1 Å². The number of thioether (sulfide) groups is 1. The number of carbonyl (C=O) groups excluding carboxylic acids is 1. The molecule has 0 radical (unpaired) electrons. The Morgan fingerprint density at radius 1 is 1.43 bits per heavy atom. The van der Waals surface area contributed by atoms with Crippen LogP contribution in [-0.2, 0) is 10.1 Å². The lowest BCUT2D eigenvalue weighted by atomic mass is 10.1. The minimum atomic E-state index is -3.71. The summed E-state index contributed by atoms with van der Waals surface area (Å²) in [6.45, 7) is 1.76. The summed E-state index contributed by atoms with van der Waals surface area (Å²) in [6.07, 6.45) is 2.71. The van der Waals surface area contributed by atoms with E-state index in [1.807, 2.05) is 0 Å². The zero-order chi connectivity index (χ0) is 15.9. The number of hydrogen-bond donors (Lipinski definition) is 2. The number of anilines is 1. The number of thiophene rings is 1. The number of primary amides is 1. The molecule has 0 saturated carbocycles. The summed E-state index contributed by atoms with van der Waals surface area (Å²) in [7, 11) is -3.71. The van der Waals surface area contributed by atoms with Crippen LogP contribution in [0.3, 0.4) is 0 Å². The van der Waals surface area contributed by atoms with Crippen molar-refractivity contribution in [2.75, 3.05) is 18.2 Å². The summed E-state index contributed by atoms with van der Waals surface area (Å²) < 4.78 is 27.6. The maximum absolute atomic E-state index is 11.4. The van der Waals surface area contributed by atoms with Crippen LogP contribution >= 0.6 is 23.1 Å². The Morgan fingerprint density at radius 3 is 2.52 bits per heavy atom. The molecule has 0 aliphatic heterocycles. The fraction of sp³-hybridized carbons (Fsp3) is 0.273. The first-order valence-electron chi connectivity index (χ1n) is 5.61. The molecule has 7 nitrogen and oxygen atoms in total. The molecule has 21 heavy (non-hydrogen) atoms. The molecule has 2 aromatic heterocycles. The van der Waals surface area contributed by atoms with Gasteiger partial charge in [0.15, 0.2) is 0 Å². The van der Waals surface area contributed by atoms with Crippen LogP contribution < -0.4 is 15.7 Å². The van der Waals surface area contributed by atoms with Gasteiger partial charge in [0.1, 0.15) is 9.71 Å². The molecule has 1 amide bonds. The summed E-state index contributed by atoms with van der Waals surface area (Å²) in [5.74, 6) is -0.668. The molecular weight excluding hydrogens is 334 g/mol. The van der Waals surface area contributed by atoms with Crippen LogP contribution in [-0.4, -0.2) is 31.8 Å². The molecule has 0 aromatic carbocycles. The number of hydrogen-bond acceptors (Lipinski definition) is 8. The van der Waals surface area contributed by atoms with E-state index < -0.39 is 16.0 Å². The Bertz CT molecular complexity index is 842. The van der Waals surface area contributed by atoms with Crippen LogP contribution in [0.25, 0.3) is 10.2 Å². The number of rotatable bonds is 4. The van der Waals surface area contributed by atoms with Gasteiger partial charge < -0.3 is 15.7 Å². The Hall–Kier alpha value is -1.52. The van der Waals surface area contributed by atoms with Gasteiger partial charge in [-0.1, -0.05) is 0 Å². The fourth-order valence-corrected chi connectivity index (χ4v) is 4.04. The van der Waals surface area contributed by atoms with Crippen LogP contribution in [0.5, 0.6) is 5.88 Å². The van der Waals surface area contributed by atoms with Gasteiger partial charge in [0, 0.05) is 5.39 Å². The minimum Gasteiger partial charge on any atom is -0.397 e. The molecule has 2 rings (SSSR count). The molecule has 0 atom stereocenters. The molecular formula is C11H13N3O4S3. The molecule has 2 heterocycles. The van der Waals surface area contributed by atoms with E-state index in [0.29, 0.717) is 20.7 Å². The van der Waals surface area contributed by atoms with Crippen molar-refractivity contribution in [3.63, 3.8) is 0 Å². The number of amides is 1. The summed E-state index contributed by atoms with van der Waals surface area (Å²) in [5.41, 5.74) is 12.2. The topological polar surface area (TPSA) is 125 Å². The average molecular weight is 347 g/mol. The van der Waals surface area contributed by atoms with E-state index in [1.165, 1.54) is 11.8 Å². The number of aryl methyl sites for hydroxylation is 1. The van der Waals surface area contributed by atoms with Crippen LogP contribution in [0, 0.1) is 6.92 Å². The normalized spacial score (nSPS) is 11.8. The second kappa shape index (κ2) is 5.35. The van der Waals surface area contributed by atoms with Crippen molar-refractivity contribution in [3.05, 3.63) is 10.4 Å². The van der Waals surface area contributed by atoms with Crippen molar-refractivity contribution in [2.45, 2.75) is 11.8 Å². The highest BCUT2D eigenvalue weighted by Crippen LogP contribution is 2.41. The summed E-state index contributed by atoms with van der Waals surface area (Å²) in [5, 5.41) is 0.596. The number of pyridine rings is 1. The summed E-state index contributed by atoms with van der Waals surface area (Å²) in [4.78, 5) is 16.7. The first-order chi connectivity index (χ1) is 9.65. The molecule has 0 saturated heterocycles. The van der Waals surface area contributed by atoms with E-state index in [0.717, 1.165) is 17.6 Å². The van der Waals surface area contributed by atoms with Crippen molar-refractivity contribution in [3.8, 4) is 5.88 Å². The third-order valence-corrected chi connectivity index (χ3v) is 5.16. The molecule has 0 aliphatic carbocycles. The van der Waals surface area contributed by atoms with Crippen LogP contribution in [0.2, 0.25) is 0 Å². The molecule has 0 bridgehead atoms. The van der Waals surface area contributed by atoms with E-state index in [4.69, 9.17) is 15.7 Å². The molecule has 2 aromatic rings. The Kier molecular flexibility index (Phi) is 4.04. The molecule has 0 fully saturated rings. The smallest absolute Gasteiger partial charge is 0.307 e. The molecule has 0 unspecified atom stereocenters. The van der Waals surface area contributed by atoms with Gasteiger partial charge in [0.05, 0.1) is 16.8 Å². The molecule has 4 N–H and O–H groups in total. The minimum absolute atomic E-state index is 0.0210. The highest BCUT2D eigenvalue weighted by molar-refractivity contribution is 7.98. The van der Waals surface area contributed by atoms with E-state index in [9.17, 15) is 13.2 Å². The lowest BCUT2D eigenvalue weighted by Gasteiger charge is -2.10. The van der Waals surface area contributed by atoms with Gasteiger partial charge in [-0.05, 0) is 18.7 Å². The summed E-state index contributed by atoms with van der Waals surface area (Å²) in [6, 6.07) is 0. The van der Waals surface area contributed by atoms with Gasteiger partial charge in [-0.3, -0.25) is 4.79 Å². The molecule has 114 valence electrons. The van der Waals surface area contributed by atoms with Gasteiger partial charge in [-0.25, -0.2) is 4.98 Å². The zero-order valence-electron chi connectivity index (χ0n) is 11.5. The lowest BCUT2D eigenvalue weighted by Crippen LogP contribution is -2.10. The van der Waals surface area contributed by atoms with Crippen LogP contribution in [0.15, 0.2) is 4.90 Å². The number of nitrogen functional groups attached to an aromatic ring is 1. The predicted octanol–water partition coefficient (Wildman–Crippen LogP) is 1.35. The Balaban J connectivity index is 2.82. The van der Waals surface area contributed by atoms with E-state index >= 15 is 0 Å². The van der Waals surface area contributed by atoms with Crippen LogP contribution in [0.4, 0.5) is 5.69 Å². The monoisotopic (exact) mass is 347 g/mol. The number of nitrogens with zero attached hydrogens (tertiary/aromatic N) is 1. The van der Waals surface area contributed by atoms with E-state index in [-0.39, 0.29) is 16.4 Å². The third-order valence-electron chi connectivity index (χ3n) is 2.70. The highest BCUT2D eigenvalue weighted by atomic mass is 32.2. The van der Waals surface area contributed by atoms with Gasteiger partial charge in [-0.15, -0.1) is 23.1 Å². The summed E-state index contributed by atoms with van der Waals surface area (Å²) >= 11 is 2.30. The van der Waals surface area contributed by atoms with E-state index in [1.54, 1.807) is 13.2 Å². The maximum Gasteiger partial charge on any atom is 0.307 e. The molecule has 0 aliphatic rings. The van der Waals surface area contributed by atoms with Gasteiger partial charge in [0.25, 0.3) is 5.91 Å².